The van der Waals surface area contributed by atoms with Crippen molar-refractivity contribution in [3.63, 3.8) is 0 Å². The van der Waals surface area contributed by atoms with Gasteiger partial charge in [0.2, 0.25) is 10.0 Å². The van der Waals surface area contributed by atoms with Crippen LogP contribution >= 0.6 is 12.4 Å². The molecule has 0 unspecified atom stereocenters. The first-order chi connectivity index (χ1) is 16.8. The van der Waals surface area contributed by atoms with Gasteiger partial charge in [0, 0.05) is 55.0 Å². The van der Waals surface area contributed by atoms with Gasteiger partial charge in [-0.25, -0.2) is 8.42 Å². The molecule has 1 fully saturated rings. The summed E-state index contributed by atoms with van der Waals surface area (Å²) in [5.74, 6) is -0.444. The normalized spacial score (nSPS) is 14.9. The van der Waals surface area contributed by atoms with Crippen LogP contribution in [0.5, 0.6) is 5.88 Å². The molecule has 5 rings (SSSR count). The summed E-state index contributed by atoms with van der Waals surface area (Å²) < 4.78 is 27.5. The summed E-state index contributed by atoms with van der Waals surface area (Å²) in [5, 5.41) is 13.9. The second-order valence-corrected chi connectivity index (χ2v) is 10.3. The van der Waals surface area contributed by atoms with Crippen LogP contribution in [0.1, 0.15) is 10.4 Å². The Labute approximate surface area is 214 Å². The quantitative estimate of drug-likeness (QED) is 0.363. The van der Waals surface area contributed by atoms with E-state index in [9.17, 15) is 18.3 Å². The summed E-state index contributed by atoms with van der Waals surface area (Å²) in [6.07, 6.45) is 4.47. The Kier molecular flexibility index (Phi) is 7.27. The molecular weight excluding hydrogens is 504 g/mol. The maximum absolute atomic E-state index is 13.0. The second-order valence-electron chi connectivity index (χ2n) is 8.39. The zero-order valence-corrected chi connectivity index (χ0v) is 21.0. The Morgan fingerprint density at radius 2 is 1.86 bits per heavy atom. The van der Waals surface area contributed by atoms with E-state index in [0.29, 0.717) is 59.6 Å². The number of rotatable bonds is 5. The summed E-state index contributed by atoms with van der Waals surface area (Å²) in [5.41, 5.74) is 2.34. The maximum Gasteiger partial charge on any atom is 0.255 e. The summed E-state index contributed by atoms with van der Waals surface area (Å²) >= 11 is 0. The first-order valence-corrected chi connectivity index (χ1v) is 12.5. The van der Waals surface area contributed by atoms with Crippen LogP contribution < -0.4 is 5.32 Å². The third-order valence-electron chi connectivity index (χ3n) is 6.05. The highest BCUT2D eigenvalue weighted by molar-refractivity contribution is 7.89. The fourth-order valence-electron chi connectivity index (χ4n) is 4.08. The number of aromatic hydroxyl groups is 1. The van der Waals surface area contributed by atoms with Gasteiger partial charge < -0.3 is 20.3 Å². The van der Waals surface area contributed by atoms with Crippen LogP contribution in [-0.2, 0) is 10.0 Å². The lowest BCUT2D eigenvalue weighted by atomic mass is 10.1. The van der Waals surface area contributed by atoms with Gasteiger partial charge in [0.1, 0.15) is 4.90 Å². The Bertz CT molecular complexity index is 1480. The number of aromatic nitrogens is 3. The van der Waals surface area contributed by atoms with Gasteiger partial charge in [-0.05, 0) is 49.5 Å². The molecule has 0 radical (unpaired) electrons. The predicted octanol–water partition coefficient (Wildman–Crippen LogP) is 2.94. The first-order valence-electron chi connectivity index (χ1n) is 11.0. The van der Waals surface area contributed by atoms with Crippen LogP contribution in [0.25, 0.3) is 22.2 Å². The van der Waals surface area contributed by atoms with Crippen molar-refractivity contribution in [1.29, 1.82) is 0 Å². The minimum atomic E-state index is -3.66. The molecule has 1 saturated heterocycles. The summed E-state index contributed by atoms with van der Waals surface area (Å²) in [4.78, 5) is 26.1. The highest BCUT2D eigenvalue weighted by Crippen LogP contribution is 2.36. The standard InChI is InChI=1S/C24H24N6O4S.ClH/c1-29-9-11-30(12-10-29)35(33,34)18-5-7-21(26-15-18)22-19-13-16(4-6-20(19)28-24(22)32)23(31)27-17-3-2-8-25-14-17;/h2-8,13-15,28,32H,9-12H2,1H3,(H,27,31);1H. The van der Waals surface area contributed by atoms with Crippen molar-refractivity contribution in [1.82, 2.24) is 24.2 Å². The van der Waals surface area contributed by atoms with E-state index < -0.39 is 10.0 Å². The molecule has 3 aromatic heterocycles. The van der Waals surface area contributed by atoms with E-state index in [2.05, 4.69) is 25.2 Å². The molecule has 4 aromatic rings. The van der Waals surface area contributed by atoms with Gasteiger partial charge in [-0.15, -0.1) is 12.4 Å². The molecule has 3 N–H and O–H groups in total. The van der Waals surface area contributed by atoms with Gasteiger partial charge in [0.25, 0.3) is 5.91 Å². The number of piperazine rings is 1. The maximum atomic E-state index is 13.0. The summed E-state index contributed by atoms with van der Waals surface area (Å²) in [6, 6.07) is 11.5. The van der Waals surface area contributed by atoms with Crippen LogP contribution in [0.2, 0.25) is 0 Å². The van der Waals surface area contributed by atoms with Gasteiger partial charge in [-0.2, -0.15) is 4.31 Å². The molecule has 0 spiro atoms. The number of likely N-dealkylation sites (N-methyl/N-ethyl adjacent to an activating group) is 1. The fraction of sp³-hybridized carbons (Fsp3) is 0.208. The molecule has 1 aliphatic rings. The summed E-state index contributed by atoms with van der Waals surface area (Å²) in [7, 11) is -1.70. The number of nitrogens with zero attached hydrogens (tertiary/aromatic N) is 4. The third-order valence-corrected chi connectivity index (χ3v) is 7.94. The number of halogens is 1. The number of aromatic amines is 1. The van der Waals surface area contributed by atoms with Crippen molar-refractivity contribution in [2.75, 3.05) is 38.5 Å². The van der Waals surface area contributed by atoms with Crippen LogP contribution in [-0.4, -0.2) is 76.8 Å². The van der Waals surface area contributed by atoms with E-state index in [1.54, 1.807) is 48.8 Å². The number of hydrogen-bond acceptors (Lipinski definition) is 7. The van der Waals surface area contributed by atoms with E-state index in [0.717, 1.165) is 0 Å². The van der Waals surface area contributed by atoms with E-state index >= 15 is 0 Å². The molecule has 0 bridgehead atoms. The number of anilines is 1. The number of pyridine rings is 2. The van der Waals surface area contributed by atoms with Gasteiger partial charge in [0.05, 0.1) is 23.1 Å². The lowest BCUT2D eigenvalue weighted by Crippen LogP contribution is -2.47. The first kappa shape index (κ1) is 25.6. The zero-order valence-electron chi connectivity index (χ0n) is 19.4. The molecule has 4 heterocycles. The average Bonchev–Trinajstić information content (AvgIpc) is 3.20. The number of carbonyl (C=O) groups is 1. The number of amides is 1. The smallest absolute Gasteiger partial charge is 0.255 e. The SMILES string of the molecule is CN1CCN(S(=O)(=O)c2ccc(-c3c(O)[nH]c4ccc(C(=O)Nc5cccnc5)cc34)nc2)CC1.Cl. The molecule has 36 heavy (non-hydrogen) atoms. The molecule has 1 aromatic carbocycles. The van der Waals surface area contributed by atoms with Crippen molar-refractivity contribution in [3.8, 4) is 17.1 Å². The third kappa shape index (κ3) is 4.91. The number of sulfonamides is 1. The topological polar surface area (TPSA) is 132 Å². The number of benzene rings is 1. The second kappa shape index (κ2) is 10.2. The van der Waals surface area contributed by atoms with Crippen LogP contribution in [0.15, 0.2) is 66.0 Å². The minimum absolute atomic E-state index is 0. The highest BCUT2D eigenvalue weighted by Gasteiger charge is 2.28. The molecular formula is C24H25ClN6O4S. The van der Waals surface area contributed by atoms with Gasteiger partial charge in [-0.1, -0.05) is 0 Å². The largest absolute Gasteiger partial charge is 0.494 e. The molecule has 0 saturated carbocycles. The van der Waals surface area contributed by atoms with E-state index in [4.69, 9.17) is 0 Å². The highest BCUT2D eigenvalue weighted by atomic mass is 35.5. The molecule has 1 aliphatic heterocycles. The van der Waals surface area contributed by atoms with E-state index in [1.807, 2.05) is 7.05 Å². The molecule has 0 aliphatic carbocycles. The van der Waals surface area contributed by atoms with Crippen molar-refractivity contribution in [3.05, 3.63) is 66.6 Å². The van der Waals surface area contributed by atoms with Crippen molar-refractivity contribution >= 4 is 44.9 Å². The van der Waals surface area contributed by atoms with Crippen LogP contribution in [0.3, 0.4) is 0 Å². The van der Waals surface area contributed by atoms with Crippen LogP contribution in [0.4, 0.5) is 5.69 Å². The zero-order chi connectivity index (χ0) is 24.6. The van der Waals surface area contributed by atoms with Gasteiger partial charge in [0.15, 0.2) is 5.88 Å². The average molecular weight is 529 g/mol. The van der Waals surface area contributed by atoms with Gasteiger partial charge >= 0.3 is 0 Å². The fourth-order valence-corrected chi connectivity index (χ4v) is 5.44. The molecule has 1 amide bonds. The lowest BCUT2D eigenvalue weighted by Gasteiger charge is -2.31. The van der Waals surface area contributed by atoms with Crippen molar-refractivity contribution < 1.29 is 18.3 Å². The van der Waals surface area contributed by atoms with Crippen molar-refractivity contribution in [2.45, 2.75) is 4.90 Å². The predicted molar refractivity (Wildman–Crippen MR) is 139 cm³/mol. The van der Waals surface area contributed by atoms with Gasteiger partial charge in [-0.3, -0.25) is 14.8 Å². The monoisotopic (exact) mass is 528 g/mol. The molecule has 10 nitrogen and oxygen atoms in total. The van der Waals surface area contributed by atoms with E-state index in [-0.39, 0.29) is 29.1 Å². The lowest BCUT2D eigenvalue weighted by molar-refractivity contribution is 0.102. The Morgan fingerprint density at radius 3 is 2.53 bits per heavy atom. The number of carbonyl (C=O) groups excluding carboxylic acids is 1. The van der Waals surface area contributed by atoms with Crippen molar-refractivity contribution in [2.24, 2.45) is 0 Å². The Hall–Kier alpha value is -3.51. The summed E-state index contributed by atoms with van der Waals surface area (Å²) in [6.45, 7) is 2.19. The molecule has 188 valence electrons. The number of nitrogens with one attached hydrogen (secondary N) is 2. The van der Waals surface area contributed by atoms with E-state index in [1.165, 1.54) is 16.6 Å². The number of hydrogen-bond donors (Lipinski definition) is 3. The molecule has 12 heteroatoms. The Balaban J connectivity index is 0.00000304. The number of H-pyrrole nitrogens is 1. The Morgan fingerprint density at radius 1 is 1.08 bits per heavy atom. The minimum Gasteiger partial charge on any atom is -0.494 e. The number of fused-ring (bicyclic) bond motifs is 1. The van der Waals surface area contributed by atoms with Crippen LogP contribution in [0, 0.1) is 0 Å². The molecule has 0 atom stereocenters.